The van der Waals surface area contributed by atoms with E-state index in [1.54, 1.807) is 104 Å². The van der Waals surface area contributed by atoms with Crippen molar-refractivity contribution >= 4 is 70.3 Å². The van der Waals surface area contributed by atoms with Crippen molar-refractivity contribution in [2.24, 2.45) is 16.7 Å². The number of carbonyl (C=O) groups excluding carboxylic acids is 6. The molecule has 10 rings (SSSR count). The summed E-state index contributed by atoms with van der Waals surface area (Å²) in [7, 11) is 0. The van der Waals surface area contributed by atoms with Crippen molar-refractivity contribution in [1.82, 2.24) is 14.9 Å². The number of aliphatic hydroxyl groups excluding tert-OH is 3. The summed E-state index contributed by atoms with van der Waals surface area (Å²) in [5.41, 5.74) is -5.34. The summed E-state index contributed by atoms with van der Waals surface area (Å²) in [6.07, 6.45) is -11.4. The quantitative estimate of drug-likeness (QED) is 0.0503. The lowest BCUT2D eigenvalue weighted by Crippen LogP contribution is -2.82. The first-order valence-corrected chi connectivity index (χ1v) is 27.1. The second-order valence-corrected chi connectivity index (χ2v) is 22.2. The highest BCUT2D eigenvalue weighted by molar-refractivity contribution is 6.08. The fourth-order valence-corrected chi connectivity index (χ4v) is 13.1. The molecule has 2 saturated carbocycles. The lowest BCUT2D eigenvalue weighted by Gasteiger charge is -2.67. The van der Waals surface area contributed by atoms with Crippen LogP contribution in [0.25, 0.3) is 11.0 Å². The Hall–Kier alpha value is -6.63. The number of carbonyl (C=O) groups is 6. The topological polar surface area (TPSA) is 287 Å². The standard InChI is InChI=1S/C47H51NO14.C12H12Cl2N2O4/c1-25-31(60-43(56)36(52)35(28-16-10-7-11-17-28)48-41(54)29-18-12-8-13-19-29)23-47(57)40(61-42(55)30-20-14-9-15-21-30)38-45(6,32(51)22-33-46(38,24-58-33)62-27(3)50)39(53)37(59-26(2)49)34(25)44(47,4)5;13-19-10-9(5-17)18-12(11(10)20-14)16-6-15-7-3-1-2-4-8(7)16/h7-21,31-33,35-38,40,51-52,57H,22-24H2,1-6H3,(H,48,54);1-4,6,9-12,17H,5H2/t31-,32-,33+,35-,36+,37+,38-,40-,45+,46-,47+;9-,10-,11-,12?/m01/s1. The third-order valence-corrected chi connectivity index (χ3v) is 17.3. The Morgan fingerprint density at radius 1 is 0.829 bits per heavy atom. The molecule has 5 aromatic rings. The lowest BCUT2D eigenvalue weighted by atomic mass is 9.44. The number of aromatic nitrogens is 2. The molecule has 0 spiro atoms. The molecular formula is C59H63Cl2N3O18. The van der Waals surface area contributed by atoms with Crippen molar-refractivity contribution in [1.29, 1.82) is 0 Å². The number of rotatable bonds is 14. The van der Waals surface area contributed by atoms with Gasteiger partial charge in [0, 0.05) is 37.7 Å². The Labute approximate surface area is 481 Å². The highest BCUT2D eigenvalue weighted by atomic mass is 35.5. The summed E-state index contributed by atoms with van der Waals surface area (Å²) in [5, 5.41) is 49.6. The molecule has 1 aromatic heterocycles. The second kappa shape index (κ2) is 23.9. The van der Waals surface area contributed by atoms with Gasteiger partial charge in [0.05, 0.1) is 83.3 Å². The molecule has 1 unspecified atom stereocenters. The lowest BCUT2D eigenvalue weighted by molar-refractivity contribution is -0.346. The molecule has 5 N–H and O–H groups in total. The number of benzene rings is 4. The molecule has 2 saturated heterocycles. The number of halogens is 2. The number of esters is 4. The number of hydrogen-bond donors (Lipinski definition) is 5. The Balaban J connectivity index is 0.000000338. The van der Waals surface area contributed by atoms with E-state index in [9.17, 15) is 44.4 Å². The Morgan fingerprint density at radius 3 is 2.02 bits per heavy atom. The fraction of sp³-hybridized carbons (Fsp3) is 0.441. The molecule has 82 heavy (non-hydrogen) atoms. The highest BCUT2D eigenvalue weighted by Gasteiger charge is 2.78. The molecule has 4 aromatic carbocycles. The first-order chi connectivity index (χ1) is 39.1. The van der Waals surface area contributed by atoms with Crippen LogP contribution in [0.4, 0.5) is 0 Å². The van der Waals surface area contributed by atoms with E-state index in [1.807, 2.05) is 24.3 Å². The smallest absolute Gasteiger partial charge is 0.338 e. The molecule has 23 heteroatoms. The van der Waals surface area contributed by atoms with Crippen LogP contribution < -0.4 is 5.32 Å². The van der Waals surface area contributed by atoms with Gasteiger partial charge in [-0.15, -0.1) is 0 Å². The number of aliphatic hydroxyl groups is 4. The van der Waals surface area contributed by atoms with Crippen molar-refractivity contribution in [3.63, 3.8) is 0 Å². The third-order valence-electron chi connectivity index (χ3n) is 16.9. The molecule has 21 nitrogen and oxygen atoms in total. The third kappa shape index (κ3) is 10.6. The average molecular weight is 1170 g/mol. The molecule has 4 fully saturated rings. The van der Waals surface area contributed by atoms with E-state index < -0.39 is 137 Å². The van der Waals surface area contributed by atoms with Gasteiger partial charge in [-0.3, -0.25) is 27.8 Å². The second-order valence-electron chi connectivity index (χ2n) is 21.8. The summed E-state index contributed by atoms with van der Waals surface area (Å²) < 4.78 is 47.5. The van der Waals surface area contributed by atoms with Crippen LogP contribution in [0.15, 0.2) is 133 Å². The first-order valence-electron chi connectivity index (χ1n) is 26.5. The van der Waals surface area contributed by atoms with Gasteiger partial charge in [-0.25, -0.2) is 14.6 Å². The van der Waals surface area contributed by atoms with Crippen molar-refractivity contribution in [2.45, 2.75) is 133 Å². The number of imidazole rings is 1. The molecule has 436 valence electrons. The van der Waals surface area contributed by atoms with Crippen molar-refractivity contribution in [2.75, 3.05) is 13.2 Å². The number of ketones is 1. The maximum atomic E-state index is 15.5. The van der Waals surface area contributed by atoms with Gasteiger partial charge in [0.1, 0.15) is 36.1 Å². The van der Waals surface area contributed by atoms with Crippen molar-refractivity contribution < 1.29 is 86.2 Å². The summed E-state index contributed by atoms with van der Waals surface area (Å²) in [6.45, 7) is 7.72. The molecule has 5 aliphatic rings. The Kier molecular flexibility index (Phi) is 17.5. The predicted molar refractivity (Wildman–Crippen MR) is 290 cm³/mol. The normalized spacial score (nSPS) is 31.4. The van der Waals surface area contributed by atoms with Crippen molar-refractivity contribution in [3.8, 4) is 0 Å². The molecule has 15 atom stereocenters. The van der Waals surface area contributed by atoms with Crippen LogP contribution in [-0.2, 0) is 56.2 Å². The fourth-order valence-electron chi connectivity index (χ4n) is 12.6. The summed E-state index contributed by atoms with van der Waals surface area (Å²) >= 11 is 11.0. The zero-order valence-electron chi connectivity index (χ0n) is 45.5. The molecular weight excluding hydrogens is 1110 g/mol. The molecule has 3 aliphatic carbocycles. The van der Waals surface area contributed by atoms with Gasteiger partial charge >= 0.3 is 23.9 Å². The maximum Gasteiger partial charge on any atom is 0.338 e. The minimum absolute atomic E-state index is 0.00289. The number of nitrogens with zero attached hydrogens (tertiary/aromatic N) is 2. The van der Waals surface area contributed by atoms with E-state index in [0.717, 1.165) is 24.9 Å². The van der Waals surface area contributed by atoms with Crippen LogP contribution in [0.2, 0.25) is 0 Å². The van der Waals surface area contributed by atoms with E-state index in [0.29, 0.717) is 5.56 Å². The van der Waals surface area contributed by atoms with E-state index in [4.69, 9.17) is 60.7 Å². The molecule has 2 bridgehead atoms. The Bertz CT molecular complexity index is 3220. The van der Waals surface area contributed by atoms with E-state index in [2.05, 4.69) is 10.3 Å². The molecule has 0 radical (unpaired) electrons. The number of nitrogens with one attached hydrogen (secondary N) is 1. The zero-order valence-corrected chi connectivity index (χ0v) is 47.0. The van der Waals surface area contributed by atoms with E-state index in [1.165, 1.54) is 26.0 Å². The average Bonchev–Trinajstić information content (AvgIpc) is 0.866. The molecule has 2 aliphatic heterocycles. The summed E-state index contributed by atoms with van der Waals surface area (Å²) in [6, 6.07) is 30.5. The van der Waals surface area contributed by atoms with Gasteiger partial charge < -0.3 is 58.7 Å². The minimum Gasteiger partial charge on any atom is -0.456 e. The van der Waals surface area contributed by atoms with Crippen molar-refractivity contribution in [3.05, 3.63) is 149 Å². The number of fused-ring (bicyclic) bond motifs is 6. The Morgan fingerprint density at radius 2 is 1.44 bits per heavy atom. The first kappa shape index (κ1) is 60.0. The van der Waals surface area contributed by atoms with Gasteiger partial charge in [0.25, 0.3) is 5.91 Å². The number of ether oxygens (including phenoxy) is 6. The number of amides is 1. The van der Waals surface area contributed by atoms with Gasteiger partial charge in [0.2, 0.25) is 0 Å². The SMILES string of the molecule is CC(=O)O[C@H]1C(=O)[C@@]2(C)[C@H]([C@H](OC(=O)c3ccccc3)[C@]3(O)C[C@H](OC(=O)[C@H](O)[C@@H](NC(=O)c4ccccc4)c4ccccc4)C(C)=C1C3(C)C)[C@]1(OC(C)=O)CO[C@@H]1C[C@@H]2O.OC[C@H]1OC(n2cnc3ccccc32)[C@H](OCl)[C@@H]1OCl. The van der Waals surface area contributed by atoms with Gasteiger partial charge in [-0.2, -0.15) is 0 Å². The van der Waals surface area contributed by atoms with Crippen LogP contribution in [-0.4, -0.2) is 145 Å². The summed E-state index contributed by atoms with van der Waals surface area (Å²) in [5.74, 6) is -6.84. The maximum absolute atomic E-state index is 15.5. The number of para-hydroxylation sites is 2. The van der Waals surface area contributed by atoms with E-state index in [-0.39, 0.29) is 41.9 Å². The summed E-state index contributed by atoms with van der Waals surface area (Å²) in [4.78, 5) is 87.7. The molecule has 1 amide bonds. The van der Waals surface area contributed by atoms with Crippen LogP contribution in [0.3, 0.4) is 0 Å². The zero-order chi connectivity index (χ0) is 59.1. The van der Waals surface area contributed by atoms with E-state index >= 15 is 4.79 Å². The van der Waals surface area contributed by atoms with Gasteiger partial charge in [-0.1, -0.05) is 92.7 Å². The van der Waals surface area contributed by atoms with Gasteiger partial charge in [0.15, 0.2) is 35.9 Å². The minimum atomic E-state index is -2.39. The van der Waals surface area contributed by atoms with Crippen LogP contribution >= 0.6 is 23.7 Å². The number of Topliss-reactive ketones (excluding diaryl/α,β-unsaturated/α-hetero) is 1. The van der Waals surface area contributed by atoms with Crippen LogP contribution in [0.5, 0.6) is 0 Å². The number of hydrogen-bond acceptors (Lipinski definition) is 19. The monoisotopic (exact) mass is 1170 g/mol. The van der Waals surface area contributed by atoms with Crippen LogP contribution in [0, 0.1) is 16.7 Å². The largest absolute Gasteiger partial charge is 0.456 e. The van der Waals surface area contributed by atoms with Gasteiger partial charge in [-0.05, 0) is 67.0 Å². The van der Waals surface area contributed by atoms with Crippen LogP contribution in [0.1, 0.15) is 92.9 Å². The predicted octanol–water partition coefficient (Wildman–Crippen LogP) is 5.74. The molecule has 3 heterocycles. The highest BCUT2D eigenvalue weighted by Crippen LogP contribution is 2.64.